The van der Waals surface area contributed by atoms with Gasteiger partial charge in [-0.1, -0.05) is 0 Å². The molecule has 0 saturated heterocycles. The highest BCUT2D eigenvalue weighted by Gasteiger charge is 2.35. The second-order valence-electron chi connectivity index (χ2n) is 6.82. The summed E-state index contributed by atoms with van der Waals surface area (Å²) in [5, 5.41) is 12.9. The van der Waals surface area contributed by atoms with Crippen molar-refractivity contribution >= 4 is 42.5 Å². The number of carbonyl (C=O) groups excluding carboxylic acids is 2. The average Bonchev–Trinajstić information content (AvgIpc) is 3.31. The topological polar surface area (TPSA) is 122 Å². The van der Waals surface area contributed by atoms with Crippen LogP contribution in [0.3, 0.4) is 0 Å². The first kappa shape index (κ1) is 22.2. The van der Waals surface area contributed by atoms with Crippen molar-refractivity contribution in [1.29, 1.82) is 0 Å². The van der Waals surface area contributed by atoms with Gasteiger partial charge in [0.25, 0.3) is 11.8 Å². The van der Waals surface area contributed by atoms with Crippen molar-refractivity contribution in [3.05, 3.63) is 53.5 Å². The summed E-state index contributed by atoms with van der Waals surface area (Å²) >= 11 is 0. The molecule has 3 aromatic rings. The fourth-order valence-electron chi connectivity index (χ4n) is 3.25. The Balaban J connectivity index is 0.00000272. The Morgan fingerprint density at radius 2 is 1.97 bits per heavy atom. The van der Waals surface area contributed by atoms with E-state index in [1.54, 1.807) is 6.92 Å². The third kappa shape index (κ3) is 4.08. The highest BCUT2D eigenvalue weighted by atomic mass is 32.1. The average molecular weight is 453 g/mol. The molecular weight excluding hydrogens is 435 g/mol. The number of hydrogen-bond acceptors (Lipinski definition) is 5. The van der Waals surface area contributed by atoms with Crippen LogP contribution in [0.1, 0.15) is 39.5 Å². The van der Waals surface area contributed by atoms with Gasteiger partial charge in [0.15, 0.2) is 5.69 Å². The maximum atomic E-state index is 13.1. The summed E-state index contributed by atoms with van der Waals surface area (Å²) in [6.07, 6.45) is -3.12. The number of nitrogens with one attached hydrogen (secondary N) is 2. The predicted molar refractivity (Wildman–Crippen MR) is 111 cm³/mol. The minimum absolute atomic E-state index is 0. The van der Waals surface area contributed by atoms with Crippen LogP contribution in [0.25, 0.3) is 0 Å². The van der Waals surface area contributed by atoms with Gasteiger partial charge in [-0.15, -0.1) is 0 Å². The molecule has 13 heteroatoms. The van der Waals surface area contributed by atoms with Gasteiger partial charge in [-0.3, -0.25) is 19.4 Å². The normalized spacial score (nSPS) is 15.9. The molecule has 0 aliphatic carbocycles. The first-order chi connectivity index (χ1) is 14.1. The van der Waals surface area contributed by atoms with Crippen LogP contribution in [-0.2, 0) is 6.18 Å². The molecule has 164 valence electrons. The zero-order valence-electron chi connectivity index (χ0n) is 16.1. The lowest BCUT2D eigenvalue weighted by Gasteiger charge is -2.32. The molecule has 1 aliphatic rings. The first-order valence-electron chi connectivity index (χ1n) is 8.84. The number of nitrogens with two attached hydrogens (primary N) is 1. The van der Waals surface area contributed by atoms with Crippen LogP contribution < -0.4 is 16.0 Å². The van der Waals surface area contributed by atoms with Crippen LogP contribution in [0, 0.1) is 0 Å². The van der Waals surface area contributed by atoms with Crippen LogP contribution in [-0.4, -0.2) is 38.3 Å². The van der Waals surface area contributed by atoms with Crippen LogP contribution in [0.5, 0.6) is 0 Å². The van der Waals surface area contributed by atoms with Crippen LogP contribution in [0.15, 0.2) is 36.5 Å². The zero-order chi connectivity index (χ0) is 21.6. The van der Waals surface area contributed by atoms with Crippen molar-refractivity contribution in [3.8, 4) is 0 Å². The number of carbonyl (C=O) groups is 2. The van der Waals surface area contributed by atoms with Crippen LogP contribution >= 0.6 is 13.5 Å². The standard InChI is InChI=1S/C18H16F3N7O2.H2S/c1-9-8-27(11-4-2-10(3-5-11)18(19,20)21)17(30)15-13(7-23-28(9)15)24-16(29)12-6-14(22)26-25-12;/h2-7,9H,8H2,1H3,(H,24,29)(H3,22,25,26);1H2/t9-;/m0./s1. The van der Waals surface area contributed by atoms with E-state index in [1.807, 2.05) is 0 Å². The van der Waals surface area contributed by atoms with E-state index >= 15 is 0 Å². The van der Waals surface area contributed by atoms with Gasteiger partial charge in [0.1, 0.15) is 11.5 Å². The lowest BCUT2D eigenvalue weighted by Crippen LogP contribution is -2.43. The molecule has 4 rings (SSSR count). The van der Waals surface area contributed by atoms with Gasteiger partial charge in [0, 0.05) is 18.3 Å². The van der Waals surface area contributed by atoms with E-state index in [1.165, 1.54) is 34.0 Å². The molecule has 1 atom stereocenters. The molecule has 0 bridgehead atoms. The van der Waals surface area contributed by atoms with E-state index in [-0.39, 0.29) is 49.0 Å². The van der Waals surface area contributed by atoms with Crippen molar-refractivity contribution in [2.45, 2.75) is 19.1 Å². The second kappa shape index (κ2) is 7.98. The number of hydrogen-bond donors (Lipinski definition) is 3. The Kier molecular flexibility index (Phi) is 5.72. The van der Waals surface area contributed by atoms with Crippen LogP contribution in [0.4, 0.5) is 30.4 Å². The molecular formula is C18H18F3N7O2S. The zero-order valence-corrected chi connectivity index (χ0v) is 17.1. The number of aromatic nitrogens is 4. The molecule has 0 fully saturated rings. The van der Waals surface area contributed by atoms with Crippen LogP contribution in [0.2, 0.25) is 0 Å². The summed E-state index contributed by atoms with van der Waals surface area (Å²) in [5.74, 6) is -0.928. The molecule has 3 heterocycles. The van der Waals surface area contributed by atoms with Gasteiger partial charge in [0.05, 0.1) is 23.5 Å². The summed E-state index contributed by atoms with van der Waals surface area (Å²) in [5.41, 5.74) is 5.39. The number of H-pyrrole nitrogens is 1. The monoisotopic (exact) mass is 453 g/mol. The van der Waals surface area contributed by atoms with Gasteiger partial charge < -0.3 is 16.0 Å². The highest BCUT2D eigenvalue weighted by molar-refractivity contribution is 7.59. The first-order valence-corrected chi connectivity index (χ1v) is 8.84. The summed E-state index contributed by atoms with van der Waals surface area (Å²) in [4.78, 5) is 26.8. The number of amides is 2. The number of nitrogen functional groups attached to an aromatic ring is 1. The number of halogens is 3. The fourth-order valence-corrected chi connectivity index (χ4v) is 3.25. The Bertz CT molecular complexity index is 1120. The number of alkyl halides is 3. The third-order valence-electron chi connectivity index (χ3n) is 4.70. The number of fused-ring (bicyclic) bond motifs is 1. The smallest absolute Gasteiger partial charge is 0.382 e. The number of benzene rings is 1. The summed E-state index contributed by atoms with van der Waals surface area (Å²) in [7, 11) is 0. The maximum Gasteiger partial charge on any atom is 0.416 e. The molecule has 2 aromatic heterocycles. The summed E-state index contributed by atoms with van der Waals surface area (Å²) < 4.78 is 39.9. The lowest BCUT2D eigenvalue weighted by atomic mass is 10.1. The molecule has 4 N–H and O–H groups in total. The third-order valence-corrected chi connectivity index (χ3v) is 4.70. The highest BCUT2D eigenvalue weighted by Crippen LogP contribution is 2.33. The Morgan fingerprint density at radius 3 is 2.55 bits per heavy atom. The largest absolute Gasteiger partial charge is 0.416 e. The van der Waals surface area contributed by atoms with E-state index in [4.69, 9.17) is 5.73 Å². The quantitative estimate of drug-likeness (QED) is 0.563. The van der Waals surface area contributed by atoms with Gasteiger partial charge in [-0.05, 0) is 31.2 Å². The Hall–Kier alpha value is -3.48. The van der Waals surface area contributed by atoms with Gasteiger partial charge in [0.2, 0.25) is 0 Å². The molecule has 0 unspecified atom stereocenters. The number of nitrogens with zero attached hydrogens (tertiary/aromatic N) is 4. The minimum Gasteiger partial charge on any atom is -0.382 e. The molecule has 0 spiro atoms. The summed E-state index contributed by atoms with van der Waals surface area (Å²) in [6, 6.07) is 5.39. The Labute approximate surface area is 180 Å². The molecule has 31 heavy (non-hydrogen) atoms. The van der Waals surface area contributed by atoms with E-state index in [0.29, 0.717) is 5.69 Å². The molecule has 0 radical (unpaired) electrons. The summed E-state index contributed by atoms with van der Waals surface area (Å²) in [6.45, 7) is 2.02. The van der Waals surface area contributed by atoms with Crippen molar-refractivity contribution in [2.24, 2.45) is 0 Å². The molecule has 1 aromatic carbocycles. The van der Waals surface area contributed by atoms with Gasteiger partial charge in [-0.25, -0.2) is 0 Å². The van der Waals surface area contributed by atoms with Crippen molar-refractivity contribution in [1.82, 2.24) is 20.0 Å². The number of aromatic amines is 1. The van der Waals surface area contributed by atoms with Crippen molar-refractivity contribution in [2.75, 3.05) is 22.5 Å². The molecule has 0 saturated carbocycles. The van der Waals surface area contributed by atoms with Gasteiger partial charge in [-0.2, -0.15) is 36.9 Å². The number of anilines is 3. The Morgan fingerprint density at radius 1 is 1.29 bits per heavy atom. The molecule has 1 aliphatic heterocycles. The molecule has 9 nitrogen and oxygen atoms in total. The SMILES string of the molecule is C[C@H]1CN(c2ccc(C(F)(F)F)cc2)C(=O)c2c(NC(=O)c3cc(N)n[nH]3)cnn21.S. The predicted octanol–water partition coefficient (Wildman–Crippen LogP) is 2.79. The number of rotatable bonds is 3. The second-order valence-corrected chi connectivity index (χ2v) is 6.82. The molecule has 2 amide bonds. The fraction of sp³-hybridized carbons (Fsp3) is 0.222. The van der Waals surface area contributed by atoms with Crippen molar-refractivity contribution < 1.29 is 22.8 Å². The van der Waals surface area contributed by atoms with E-state index in [0.717, 1.165) is 12.1 Å². The van der Waals surface area contributed by atoms with E-state index in [2.05, 4.69) is 20.6 Å². The van der Waals surface area contributed by atoms with E-state index < -0.39 is 23.6 Å². The maximum absolute atomic E-state index is 13.1. The van der Waals surface area contributed by atoms with Crippen molar-refractivity contribution in [3.63, 3.8) is 0 Å². The van der Waals surface area contributed by atoms with Gasteiger partial charge >= 0.3 is 6.18 Å². The minimum atomic E-state index is -4.47. The van der Waals surface area contributed by atoms with E-state index in [9.17, 15) is 22.8 Å². The lowest BCUT2D eigenvalue weighted by molar-refractivity contribution is -0.137.